The lowest BCUT2D eigenvalue weighted by atomic mass is 10.1. The number of furan rings is 1. The Kier molecular flexibility index (Phi) is 3.39. The molecular formula is C15H15NO5. The third-order valence-electron chi connectivity index (χ3n) is 3.56. The molecule has 1 aliphatic heterocycles. The van der Waals surface area contributed by atoms with Crippen LogP contribution in [0.3, 0.4) is 0 Å². The molecule has 0 spiro atoms. The Labute approximate surface area is 120 Å². The van der Waals surface area contributed by atoms with Crippen molar-refractivity contribution in [2.45, 2.75) is 13.0 Å². The van der Waals surface area contributed by atoms with Crippen LogP contribution in [-0.4, -0.2) is 47.7 Å². The van der Waals surface area contributed by atoms with Gasteiger partial charge in [-0.2, -0.15) is 0 Å². The quantitative estimate of drug-likeness (QED) is 0.909. The maximum atomic E-state index is 12.5. The Morgan fingerprint density at radius 1 is 1.33 bits per heavy atom. The van der Waals surface area contributed by atoms with E-state index in [4.69, 9.17) is 9.15 Å². The van der Waals surface area contributed by atoms with Gasteiger partial charge in [0.05, 0.1) is 13.2 Å². The highest BCUT2D eigenvalue weighted by Crippen LogP contribution is 2.23. The summed E-state index contributed by atoms with van der Waals surface area (Å²) in [6.45, 7) is 2.53. The van der Waals surface area contributed by atoms with E-state index in [1.165, 1.54) is 4.90 Å². The molecule has 1 aromatic heterocycles. The van der Waals surface area contributed by atoms with E-state index >= 15 is 0 Å². The van der Waals surface area contributed by atoms with Gasteiger partial charge in [-0.05, 0) is 25.1 Å². The highest BCUT2D eigenvalue weighted by atomic mass is 16.5. The number of hydrogen-bond acceptors (Lipinski definition) is 4. The molecule has 0 bridgehead atoms. The Hall–Kier alpha value is -2.34. The molecule has 1 fully saturated rings. The summed E-state index contributed by atoms with van der Waals surface area (Å²) in [6, 6.07) is 6.30. The molecule has 1 N–H and O–H groups in total. The molecule has 6 nitrogen and oxygen atoms in total. The molecule has 2 heterocycles. The number of morpholine rings is 1. The molecule has 1 atom stereocenters. The van der Waals surface area contributed by atoms with Crippen LogP contribution < -0.4 is 0 Å². The topological polar surface area (TPSA) is 80.0 Å². The van der Waals surface area contributed by atoms with Gasteiger partial charge in [-0.25, -0.2) is 4.79 Å². The van der Waals surface area contributed by atoms with Gasteiger partial charge < -0.3 is 19.2 Å². The van der Waals surface area contributed by atoms with Crippen LogP contribution in [0, 0.1) is 6.92 Å². The summed E-state index contributed by atoms with van der Waals surface area (Å²) in [5.41, 5.74) is 1.68. The van der Waals surface area contributed by atoms with E-state index in [-0.39, 0.29) is 18.9 Å². The fourth-order valence-electron chi connectivity index (χ4n) is 2.46. The van der Waals surface area contributed by atoms with Crippen molar-refractivity contribution in [1.82, 2.24) is 4.90 Å². The van der Waals surface area contributed by atoms with E-state index in [2.05, 4.69) is 0 Å². The van der Waals surface area contributed by atoms with Crippen molar-refractivity contribution in [1.29, 1.82) is 0 Å². The third-order valence-corrected chi connectivity index (χ3v) is 3.56. The molecule has 1 unspecified atom stereocenters. The number of fused-ring (bicyclic) bond motifs is 1. The highest BCUT2D eigenvalue weighted by molar-refractivity contribution is 5.98. The average Bonchev–Trinajstić information content (AvgIpc) is 2.89. The van der Waals surface area contributed by atoms with Crippen LogP contribution in [0.1, 0.15) is 16.1 Å². The summed E-state index contributed by atoms with van der Waals surface area (Å²) >= 11 is 0. The van der Waals surface area contributed by atoms with Gasteiger partial charge in [-0.1, -0.05) is 11.6 Å². The van der Waals surface area contributed by atoms with Crippen LogP contribution >= 0.6 is 0 Å². The van der Waals surface area contributed by atoms with Gasteiger partial charge in [0.1, 0.15) is 5.58 Å². The lowest BCUT2D eigenvalue weighted by Crippen LogP contribution is -2.52. The second-order valence-electron chi connectivity index (χ2n) is 5.08. The number of carboxylic acid groups (broad SMARTS) is 1. The normalized spacial score (nSPS) is 18.9. The maximum Gasteiger partial charge on any atom is 0.328 e. The summed E-state index contributed by atoms with van der Waals surface area (Å²) in [4.78, 5) is 25.0. The smallest absolute Gasteiger partial charge is 0.328 e. The van der Waals surface area contributed by atoms with Crippen molar-refractivity contribution < 1.29 is 23.8 Å². The number of carbonyl (C=O) groups is 2. The number of nitrogens with zero attached hydrogens (tertiary/aromatic N) is 1. The zero-order valence-corrected chi connectivity index (χ0v) is 11.5. The van der Waals surface area contributed by atoms with Gasteiger partial charge >= 0.3 is 5.97 Å². The van der Waals surface area contributed by atoms with Crippen molar-refractivity contribution in [3.8, 4) is 0 Å². The number of rotatable bonds is 2. The number of carboxylic acids is 1. The van der Waals surface area contributed by atoms with Crippen LogP contribution in [0.4, 0.5) is 0 Å². The molecule has 1 aliphatic rings. The average molecular weight is 289 g/mol. The molecular weight excluding hydrogens is 274 g/mol. The third kappa shape index (κ3) is 2.50. The van der Waals surface area contributed by atoms with Gasteiger partial charge in [-0.15, -0.1) is 0 Å². The standard InChI is InChI=1S/C15H15NO5/c1-9-2-3-12-10(6-9)7-13(21-12)14(17)16-4-5-20-8-11(16)15(18)19/h2-3,6-7,11H,4-5,8H2,1H3,(H,18,19). The summed E-state index contributed by atoms with van der Waals surface area (Å²) in [7, 11) is 0. The number of benzene rings is 1. The van der Waals surface area contributed by atoms with Gasteiger partial charge in [0, 0.05) is 11.9 Å². The Morgan fingerprint density at radius 2 is 2.14 bits per heavy atom. The van der Waals surface area contributed by atoms with E-state index in [9.17, 15) is 14.7 Å². The molecule has 6 heteroatoms. The van der Waals surface area contributed by atoms with Crippen LogP contribution in [0.5, 0.6) is 0 Å². The molecule has 0 radical (unpaired) electrons. The van der Waals surface area contributed by atoms with Crippen LogP contribution in [0.25, 0.3) is 11.0 Å². The fraction of sp³-hybridized carbons (Fsp3) is 0.333. The summed E-state index contributed by atoms with van der Waals surface area (Å²) < 4.78 is 10.7. The molecule has 0 saturated carbocycles. The molecule has 0 aliphatic carbocycles. The minimum atomic E-state index is -1.07. The Balaban J connectivity index is 1.93. The minimum Gasteiger partial charge on any atom is -0.480 e. The zero-order chi connectivity index (χ0) is 15.0. The van der Waals surface area contributed by atoms with Crippen LogP contribution in [0.2, 0.25) is 0 Å². The first kappa shape index (κ1) is 13.6. The lowest BCUT2D eigenvalue weighted by molar-refractivity contribution is -0.147. The number of hydrogen-bond donors (Lipinski definition) is 1. The second kappa shape index (κ2) is 5.21. The van der Waals surface area contributed by atoms with E-state index in [0.29, 0.717) is 12.2 Å². The van der Waals surface area contributed by atoms with E-state index < -0.39 is 17.9 Å². The van der Waals surface area contributed by atoms with Crippen LogP contribution in [-0.2, 0) is 9.53 Å². The Bertz CT molecular complexity index is 705. The number of amides is 1. The SMILES string of the molecule is Cc1ccc2oc(C(=O)N3CCOCC3C(=O)O)cc2c1. The van der Waals surface area contributed by atoms with Crippen molar-refractivity contribution >= 4 is 22.8 Å². The fourth-order valence-corrected chi connectivity index (χ4v) is 2.46. The number of aliphatic carboxylic acids is 1. The van der Waals surface area contributed by atoms with Gasteiger partial charge in [0.2, 0.25) is 0 Å². The van der Waals surface area contributed by atoms with Crippen LogP contribution in [0.15, 0.2) is 28.7 Å². The van der Waals surface area contributed by atoms with Crippen molar-refractivity contribution in [2.24, 2.45) is 0 Å². The molecule has 2 aromatic rings. The van der Waals surface area contributed by atoms with E-state index in [1.54, 1.807) is 12.1 Å². The largest absolute Gasteiger partial charge is 0.480 e. The number of carbonyl (C=O) groups excluding carboxylic acids is 1. The zero-order valence-electron chi connectivity index (χ0n) is 11.5. The number of ether oxygens (including phenoxy) is 1. The monoisotopic (exact) mass is 289 g/mol. The number of aryl methyl sites for hydroxylation is 1. The molecule has 1 amide bonds. The summed E-state index contributed by atoms with van der Waals surface area (Å²) in [5.74, 6) is -1.33. The predicted octanol–water partition coefficient (Wildman–Crippen LogP) is 1.67. The predicted molar refractivity (Wildman–Crippen MR) is 74.2 cm³/mol. The summed E-state index contributed by atoms with van der Waals surface area (Å²) in [6.07, 6.45) is 0. The summed E-state index contributed by atoms with van der Waals surface area (Å²) in [5, 5.41) is 10.0. The molecule has 1 aromatic carbocycles. The van der Waals surface area contributed by atoms with E-state index in [1.807, 2.05) is 19.1 Å². The Morgan fingerprint density at radius 3 is 2.90 bits per heavy atom. The first-order chi connectivity index (χ1) is 10.1. The first-order valence-corrected chi connectivity index (χ1v) is 6.68. The lowest BCUT2D eigenvalue weighted by Gasteiger charge is -2.32. The van der Waals surface area contributed by atoms with Gasteiger partial charge in [0.15, 0.2) is 11.8 Å². The second-order valence-corrected chi connectivity index (χ2v) is 5.08. The van der Waals surface area contributed by atoms with Crippen molar-refractivity contribution in [3.63, 3.8) is 0 Å². The molecule has 1 saturated heterocycles. The van der Waals surface area contributed by atoms with E-state index in [0.717, 1.165) is 10.9 Å². The highest BCUT2D eigenvalue weighted by Gasteiger charge is 2.34. The maximum absolute atomic E-state index is 12.5. The van der Waals surface area contributed by atoms with Crippen molar-refractivity contribution in [2.75, 3.05) is 19.8 Å². The first-order valence-electron chi connectivity index (χ1n) is 6.68. The minimum absolute atomic E-state index is 0.000407. The molecule has 110 valence electrons. The van der Waals surface area contributed by atoms with Crippen molar-refractivity contribution in [3.05, 3.63) is 35.6 Å². The van der Waals surface area contributed by atoms with Gasteiger partial charge in [-0.3, -0.25) is 4.79 Å². The molecule has 3 rings (SSSR count). The van der Waals surface area contributed by atoms with Gasteiger partial charge in [0.25, 0.3) is 5.91 Å². The molecule has 21 heavy (non-hydrogen) atoms.